The zero-order chi connectivity index (χ0) is 13.8. The number of benzene rings is 1. The van der Waals surface area contributed by atoms with Crippen LogP contribution in [0.4, 0.5) is 0 Å². The summed E-state index contributed by atoms with van der Waals surface area (Å²) in [4.78, 5) is 14.2. The molecular weight excluding hydrogens is 240 g/mol. The lowest BCUT2D eigenvalue weighted by atomic mass is 10.1. The molecule has 1 N–H and O–H groups in total. The first-order valence-electron chi connectivity index (χ1n) is 6.91. The van der Waals surface area contributed by atoms with Crippen molar-refractivity contribution < 1.29 is 9.53 Å². The molecule has 0 bridgehead atoms. The van der Waals surface area contributed by atoms with E-state index >= 15 is 0 Å². The van der Waals surface area contributed by atoms with Crippen LogP contribution in [0.3, 0.4) is 0 Å². The Hall–Kier alpha value is -1.55. The molecule has 1 saturated heterocycles. The standard InChI is InChI=1S/C15H22N2O2/c1-4-10-17-14(16-13(5-2)15(17)18)11-6-8-12(19-3)9-7-11/h6-9,13-14,16H,4-5,10H2,1-3H3. The molecule has 2 rings (SSSR count). The Labute approximate surface area is 114 Å². The molecule has 0 spiro atoms. The maximum atomic E-state index is 12.3. The smallest absolute Gasteiger partial charge is 0.241 e. The Balaban J connectivity index is 2.22. The molecule has 0 radical (unpaired) electrons. The molecule has 0 aromatic heterocycles. The molecule has 1 heterocycles. The normalized spacial score (nSPS) is 22.9. The minimum Gasteiger partial charge on any atom is -0.497 e. The van der Waals surface area contributed by atoms with E-state index in [1.165, 1.54) is 0 Å². The van der Waals surface area contributed by atoms with Crippen LogP contribution < -0.4 is 10.1 Å². The summed E-state index contributed by atoms with van der Waals surface area (Å²) in [6.45, 7) is 4.92. The molecule has 4 nitrogen and oxygen atoms in total. The molecule has 2 unspecified atom stereocenters. The van der Waals surface area contributed by atoms with E-state index in [9.17, 15) is 4.79 Å². The average molecular weight is 262 g/mol. The molecule has 19 heavy (non-hydrogen) atoms. The topological polar surface area (TPSA) is 41.6 Å². The fourth-order valence-electron chi connectivity index (χ4n) is 2.51. The van der Waals surface area contributed by atoms with Crippen LogP contribution in [0.1, 0.15) is 38.4 Å². The molecule has 1 aliphatic heterocycles. The molecular formula is C15H22N2O2. The largest absolute Gasteiger partial charge is 0.497 e. The minimum absolute atomic E-state index is 0.0108. The molecule has 1 aromatic carbocycles. The van der Waals surface area contributed by atoms with Crippen LogP contribution in [0.2, 0.25) is 0 Å². The van der Waals surface area contributed by atoms with Crippen molar-refractivity contribution in [3.05, 3.63) is 29.8 Å². The zero-order valence-electron chi connectivity index (χ0n) is 11.8. The summed E-state index contributed by atoms with van der Waals surface area (Å²) in [6.07, 6.45) is 1.78. The summed E-state index contributed by atoms with van der Waals surface area (Å²) >= 11 is 0. The third-order valence-electron chi connectivity index (χ3n) is 3.56. The van der Waals surface area contributed by atoms with Gasteiger partial charge in [0.1, 0.15) is 11.9 Å². The van der Waals surface area contributed by atoms with Gasteiger partial charge in [0.2, 0.25) is 5.91 Å². The lowest BCUT2D eigenvalue weighted by molar-refractivity contribution is -0.130. The molecule has 1 aromatic rings. The molecule has 1 fully saturated rings. The number of hydrogen-bond acceptors (Lipinski definition) is 3. The molecule has 0 aliphatic carbocycles. The van der Waals surface area contributed by atoms with Gasteiger partial charge in [0.15, 0.2) is 0 Å². The second-order valence-corrected chi connectivity index (χ2v) is 4.83. The number of methoxy groups -OCH3 is 1. The number of carbonyl (C=O) groups is 1. The average Bonchev–Trinajstić information content (AvgIpc) is 2.76. The van der Waals surface area contributed by atoms with Crippen molar-refractivity contribution in [2.45, 2.75) is 38.9 Å². The Bertz CT molecular complexity index is 430. The summed E-state index contributed by atoms with van der Waals surface area (Å²) in [7, 11) is 1.66. The SMILES string of the molecule is CCCN1C(=O)C(CC)NC1c1ccc(OC)cc1. The van der Waals surface area contributed by atoms with E-state index in [4.69, 9.17) is 4.74 Å². The second-order valence-electron chi connectivity index (χ2n) is 4.83. The van der Waals surface area contributed by atoms with Gasteiger partial charge in [-0.25, -0.2) is 0 Å². The lowest BCUT2D eigenvalue weighted by Gasteiger charge is -2.24. The van der Waals surface area contributed by atoms with Gasteiger partial charge in [-0.2, -0.15) is 0 Å². The van der Waals surface area contributed by atoms with Gasteiger partial charge in [0, 0.05) is 6.54 Å². The van der Waals surface area contributed by atoms with Crippen molar-refractivity contribution in [2.75, 3.05) is 13.7 Å². The van der Waals surface area contributed by atoms with Gasteiger partial charge < -0.3 is 9.64 Å². The third-order valence-corrected chi connectivity index (χ3v) is 3.56. The molecule has 104 valence electrons. The fourth-order valence-corrected chi connectivity index (χ4v) is 2.51. The molecule has 2 atom stereocenters. The maximum absolute atomic E-state index is 12.3. The van der Waals surface area contributed by atoms with Gasteiger partial charge in [0.05, 0.1) is 13.2 Å². The Morgan fingerprint density at radius 2 is 1.95 bits per heavy atom. The molecule has 1 amide bonds. The Kier molecular flexibility index (Phi) is 4.43. The van der Waals surface area contributed by atoms with E-state index < -0.39 is 0 Å². The maximum Gasteiger partial charge on any atom is 0.241 e. The van der Waals surface area contributed by atoms with Crippen molar-refractivity contribution >= 4 is 5.91 Å². The van der Waals surface area contributed by atoms with E-state index in [1.54, 1.807) is 7.11 Å². The molecule has 1 aliphatic rings. The Morgan fingerprint density at radius 3 is 2.47 bits per heavy atom. The monoisotopic (exact) mass is 262 g/mol. The second kappa shape index (κ2) is 6.06. The Morgan fingerprint density at radius 1 is 1.26 bits per heavy atom. The lowest BCUT2D eigenvalue weighted by Crippen LogP contribution is -2.31. The van der Waals surface area contributed by atoms with Gasteiger partial charge >= 0.3 is 0 Å². The van der Waals surface area contributed by atoms with Gasteiger partial charge in [-0.3, -0.25) is 10.1 Å². The highest BCUT2D eigenvalue weighted by atomic mass is 16.5. The summed E-state index contributed by atoms with van der Waals surface area (Å²) in [5.41, 5.74) is 1.11. The summed E-state index contributed by atoms with van der Waals surface area (Å²) < 4.78 is 5.17. The first-order valence-corrected chi connectivity index (χ1v) is 6.91. The highest BCUT2D eigenvalue weighted by Crippen LogP contribution is 2.27. The van der Waals surface area contributed by atoms with E-state index in [-0.39, 0.29) is 18.1 Å². The number of amides is 1. The van der Waals surface area contributed by atoms with E-state index in [0.717, 1.165) is 30.7 Å². The number of carbonyl (C=O) groups excluding carboxylic acids is 1. The van der Waals surface area contributed by atoms with Crippen molar-refractivity contribution in [3.63, 3.8) is 0 Å². The van der Waals surface area contributed by atoms with Crippen LogP contribution in [-0.4, -0.2) is 30.5 Å². The van der Waals surface area contributed by atoms with Crippen LogP contribution in [-0.2, 0) is 4.79 Å². The van der Waals surface area contributed by atoms with Crippen molar-refractivity contribution in [1.29, 1.82) is 0 Å². The fraction of sp³-hybridized carbons (Fsp3) is 0.533. The number of nitrogens with one attached hydrogen (secondary N) is 1. The number of rotatable bonds is 5. The predicted molar refractivity (Wildman–Crippen MR) is 75.0 cm³/mol. The molecule has 4 heteroatoms. The van der Waals surface area contributed by atoms with Crippen molar-refractivity contribution in [3.8, 4) is 5.75 Å². The van der Waals surface area contributed by atoms with Crippen molar-refractivity contribution in [1.82, 2.24) is 10.2 Å². The third kappa shape index (κ3) is 2.73. The van der Waals surface area contributed by atoms with Crippen LogP contribution >= 0.6 is 0 Å². The van der Waals surface area contributed by atoms with Gasteiger partial charge in [-0.1, -0.05) is 26.0 Å². The summed E-state index contributed by atoms with van der Waals surface area (Å²) in [6, 6.07) is 7.85. The van der Waals surface area contributed by atoms with E-state index in [1.807, 2.05) is 36.1 Å². The quantitative estimate of drug-likeness (QED) is 0.885. The number of ether oxygens (including phenoxy) is 1. The predicted octanol–water partition coefficient (Wildman–Crippen LogP) is 2.31. The zero-order valence-corrected chi connectivity index (χ0v) is 11.8. The number of nitrogens with zero attached hydrogens (tertiary/aromatic N) is 1. The molecule has 0 saturated carbocycles. The summed E-state index contributed by atoms with van der Waals surface area (Å²) in [5.74, 6) is 1.05. The van der Waals surface area contributed by atoms with Gasteiger partial charge in [-0.05, 0) is 30.5 Å². The van der Waals surface area contributed by atoms with Crippen LogP contribution in [0.25, 0.3) is 0 Å². The van der Waals surface area contributed by atoms with E-state index in [2.05, 4.69) is 12.2 Å². The highest BCUT2D eigenvalue weighted by Gasteiger charge is 2.37. The van der Waals surface area contributed by atoms with Crippen LogP contribution in [0, 0.1) is 0 Å². The van der Waals surface area contributed by atoms with Gasteiger partial charge in [0.25, 0.3) is 0 Å². The van der Waals surface area contributed by atoms with Gasteiger partial charge in [-0.15, -0.1) is 0 Å². The van der Waals surface area contributed by atoms with Crippen LogP contribution in [0.15, 0.2) is 24.3 Å². The first-order chi connectivity index (χ1) is 9.21. The first kappa shape index (κ1) is 13.9. The van der Waals surface area contributed by atoms with E-state index in [0.29, 0.717) is 0 Å². The van der Waals surface area contributed by atoms with Crippen LogP contribution in [0.5, 0.6) is 5.75 Å². The summed E-state index contributed by atoms with van der Waals surface area (Å²) in [5, 5.41) is 3.41. The highest BCUT2D eigenvalue weighted by molar-refractivity contribution is 5.84. The number of hydrogen-bond donors (Lipinski definition) is 1. The van der Waals surface area contributed by atoms with Crippen molar-refractivity contribution in [2.24, 2.45) is 0 Å². The minimum atomic E-state index is -0.0568.